The molecule has 1 N–H and O–H groups in total. The minimum atomic E-state index is -0.707. The van der Waals surface area contributed by atoms with E-state index in [4.69, 9.17) is 23.2 Å². The van der Waals surface area contributed by atoms with E-state index in [9.17, 15) is 10.1 Å². The van der Waals surface area contributed by atoms with E-state index in [1.807, 2.05) is 6.92 Å². The van der Waals surface area contributed by atoms with E-state index >= 15 is 4.39 Å². The summed E-state index contributed by atoms with van der Waals surface area (Å²) < 4.78 is 17.2. The molecule has 0 spiro atoms. The summed E-state index contributed by atoms with van der Waals surface area (Å²) in [4.78, 5) is 12.4. The van der Waals surface area contributed by atoms with Crippen LogP contribution in [0.1, 0.15) is 18.2 Å². The van der Waals surface area contributed by atoms with Gasteiger partial charge in [0.25, 0.3) is 5.56 Å². The van der Waals surface area contributed by atoms with Crippen LogP contribution in [0.4, 0.5) is 4.39 Å². The van der Waals surface area contributed by atoms with Gasteiger partial charge >= 0.3 is 0 Å². The maximum absolute atomic E-state index is 15.7. The molecule has 0 atom stereocenters. The second-order valence-corrected chi connectivity index (χ2v) is 8.58. The number of hydrogen-bond donors (Lipinski definition) is 1. The lowest BCUT2D eigenvalue weighted by atomic mass is 9.92. The molecule has 5 aromatic rings. The highest BCUT2D eigenvalue weighted by Crippen LogP contribution is 2.42. The second kappa shape index (κ2) is 8.24. The highest BCUT2D eigenvalue weighted by molar-refractivity contribution is 6.37. The number of hydrogen-bond acceptors (Lipinski definition) is 4. The minimum absolute atomic E-state index is 0.0529. The van der Waals surface area contributed by atoms with Crippen molar-refractivity contribution in [3.63, 3.8) is 0 Å². The smallest absolute Gasteiger partial charge is 0.267 e. The van der Waals surface area contributed by atoms with Crippen LogP contribution < -0.4 is 5.56 Å². The van der Waals surface area contributed by atoms with Crippen molar-refractivity contribution in [1.29, 1.82) is 5.26 Å². The number of H-pyrrole nitrogens is 1. The summed E-state index contributed by atoms with van der Waals surface area (Å²) in [5, 5.41) is 23.0. The lowest BCUT2D eigenvalue weighted by Crippen LogP contribution is -2.11. The van der Waals surface area contributed by atoms with Gasteiger partial charge in [0.05, 0.1) is 44.1 Å². The average Bonchev–Trinajstić information content (AvgIpc) is 3.22. The van der Waals surface area contributed by atoms with E-state index in [0.29, 0.717) is 50.5 Å². The summed E-state index contributed by atoms with van der Waals surface area (Å²) in [6, 6.07) is 12.5. The lowest BCUT2D eigenvalue weighted by molar-refractivity contribution is 0.630. The first-order valence-corrected chi connectivity index (χ1v) is 11.2. The van der Waals surface area contributed by atoms with Crippen molar-refractivity contribution in [2.75, 3.05) is 0 Å². The van der Waals surface area contributed by atoms with Gasteiger partial charge in [0.2, 0.25) is 0 Å². The maximum Gasteiger partial charge on any atom is 0.273 e. The standard InChI is InChI=1S/C25H16Cl2FN5O/c1-3-19-15-8-12(9-18(26)20(15)25(34)32-31-19)17-11-30-33(2)24(17)21-16(10-29)13-6-4-5-7-14(13)22(27)23(21)28/h4-9,11H,3H2,1-2H3,(H,32,34). The fourth-order valence-electron chi connectivity index (χ4n) is 4.37. The highest BCUT2D eigenvalue weighted by atomic mass is 35.5. The first-order chi connectivity index (χ1) is 16.4. The van der Waals surface area contributed by atoms with E-state index in [-0.39, 0.29) is 21.2 Å². The van der Waals surface area contributed by atoms with E-state index in [1.165, 1.54) is 4.68 Å². The van der Waals surface area contributed by atoms with Gasteiger partial charge in [-0.1, -0.05) is 54.4 Å². The van der Waals surface area contributed by atoms with E-state index in [2.05, 4.69) is 21.4 Å². The summed E-state index contributed by atoms with van der Waals surface area (Å²) in [7, 11) is 1.66. The molecule has 0 fully saturated rings. The molecule has 0 bridgehead atoms. The molecule has 0 aliphatic carbocycles. The third-order valence-corrected chi connectivity index (χ3v) is 6.62. The number of halogens is 3. The Morgan fingerprint density at radius 1 is 1.18 bits per heavy atom. The molecule has 3 aromatic carbocycles. The van der Waals surface area contributed by atoms with Crippen molar-refractivity contribution in [3.05, 3.63) is 80.1 Å². The minimum Gasteiger partial charge on any atom is -0.267 e. The molecule has 34 heavy (non-hydrogen) atoms. The monoisotopic (exact) mass is 491 g/mol. The van der Waals surface area contributed by atoms with Crippen molar-refractivity contribution in [3.8, 4) is 28.5 Å². The van der Waals surface area contributed by atoms with Gasteiger partial charge < -0.3 is 0 Å². The molecular formula is C25H16Cl2FN5O. The third-order valence-electron chi connectivity index (χ3n) is 5.95. The normalized spacial score (nSPS) is 11.3. The Labute approximate surface area is 203 Å². The molecule has 2 heterocycles. The molecule has 168 valence electrons. The number of benzene rings is 3. The highest BCUT2D eigenvalue weighted by Gasteiger charge is 2.26. The van der Waals surface area contributed by atoms with Crippen LogP contribution in [0.15, 0.2) is 47.4 Å². The topological polar surface area (TPSA) is 87.4 Å². The number of rotatable bonds is 3. The number of nitriles is 1. The molecule has 2 aromatic heterocycles. The summed E-state index contributed by atoms with van der Waals surface area (Å²) in [5.74, 6) is -0.707. The van der Waals surface area contributed by atoms with Crippen molar-refractivity contribution in [1.82, 2.24) is 20.0 Å². The van der Waals surface area contributed by atoms with Gasteiger partial charge in [0, 0.05) is 28.8 Å². The van der Waals surface area contributed by atoms with E-state index in [0.717, 1.165) is 0 Å². The fourth-order valence-corrected chi connectivity index (χ4v) is 4.94. The van der Waals surface area contributed by atoms with Crippen LogP contribution >= 0.6 is 23.2 Å². The Morgan fingerprint density at radius 2 is 1.91 bits per heavy atom. The van der Waals surface area contributed by atoms with Crippen molar-refractivity contribution in [2.45, 2.75) is 13.3 Å². The van der Waals surface area contributed by atoms with Crippen molar-refractivity contribution < 1.29 is 4.39 Å². The predicted octanol–water partition coefficient (Wildman–Crippen LogP) is 6.02. The molecule has 9 heteroatoms. The number of nitrogens with zero attached hydrogens (tertiary/aromatic N) is 4. The molecule has 5 rings (SSSR count). The van der Waals surface area contributed by atoms with Gasteiger partial charge in [-0.3, -0.25) is 9.48 Å². The predicted molar refractivity (Wildman–Crippen MR) is 132 cm³/mol. The number of fused-ring (bicyclic) bond motifs is 2. The summed E-state index contributed by atoms with van der Waals surface area (Å²) in [6.07, 6.45) is 2.14. The Kier molecular flexibility index (Phi) is 5.35. The van der Waals surface area contributed by atoms with Crippen LogP contribution in [0.3, 0.4) is 0 Å². The first-order valence-electron chi connectivity index (χ1n) is 10.4. The Morgan fingerprint density at radius 3 is 2.62 bits per heavy atom. The Hall–Kier alpha value is -3.73. The molecule has 0 aliphatic rings. The van der Waals surface area contributed by atoms with Crippen LogP contribution in [-0.4, -0.2) is 20.0 Å². The SMILES string of the molecule is CCc1n[nH]c(=O)c2c(Cl)cc(-c3cnn(C)c3-c3c(F)c(Cl)c4ccccc4c3C#N)cc12. The van der Waals surface area contributed by atoms with Gasteiger partial charge in [0.15, 0.2) is 5.82 Å². The van der Waals surface area contributed by atoms with E-state index in [1.54, 1.807) is 49.6 Å². The van der Waals surface area contributed by atoms with Crippen molar-refractivity contribution >= 4 is 44.7 Å². The maximum atomic E-state index is 15.7. The van der Waals surface area contributed by atoms with Crippen LogP contribution in [0.2, 0.25) is 10.0 Å². The molecule has 0 unspecified atom stereocenters. The van der Waals surface area contributed by atoms with Gasteiger partial charge in [-0.25, -0.2) is 9.49 Å². The summed E-state index contributed by atoms with van der Waals surface area (Å²) in [6.45, 7) is 1.92. The lowest BCUT2D eigenvalue weighted by Gasteiger charge is -2.15. The first kappa shape index (κ1) is 22.1. The molecule has 0 saturated carbocycles. The number of aromatic amines is 1. The molecule has 0 saturated heterocycles. The Bertz CT molecular complexity index is 1730. The quantitative estimate of drug-likeness (QED) is 0.334. The van der Waals surface area contributed by atoms with Crippen LogP contribution in [-0.2, 0) is 13.5 Å². The number of aryl methyl sites for hydroxylation is 2. The van der Waals surface area contributed by atoms with E-state index < -0.39 is 11.4 Å². The number of nitrogens with one attached hydrogen (secondary N) is 1. The summed E-state index contributed by atoms with van der Waals surface area (Å²) in [5.41, 5.74) is 1.99. The van der Waals surface area contributed by atoms with Gasteiger partial charge in [0.1, 0.15) is 6.07 Å². The molecule has 0 amide bonds. The van der Waals surface area contributed by atoms with Crippen LogP contribution in [0, 0.1) is 17.1 Å². The molecule has 6 nitrogen and oxygen atoms in total. The fraction of sp³-hybridized carbons (Fsp3) is 0.120. The summed E-state index contributed by atoms with van der Waals surface area (Å²) >= 11 is 12.9. The van der Waals surface area contributed by atoms with Crippen molar-refractivity contribution in [2.24, 2.45) is 7.05 Å². The zero-order chi connectivity index (χ0) is 24.1. The van der Waals surface area contributed by atoms with Gasteiger partial charge in [-0.15, -0.1) is 0 Å². The number of aromatic nitrogens is 4. The largest absolute Gasteiger partial charge is 0.273 e. The van der Waals surface area contributed by atoms with Crippen LogP contribution in [0.5, 0.6) is 0 Å². The van der Waals surface area contributed by atoms with Crippen LogP contribution in [0.25, 0.3) is 43.9 Å². The third kappa shape index (κ3) is 3.18. The zero-order valence-corrected chi connectivity index (χ0v) is 19.6. The molecule has 0 aliphatic heterocycles. The second-order valence-electron chi connectivity index (χ2n) is 7.80. The average molecular weight is 492 g/mol. The Balaban J connectivity index is 1.88. The van der Waals surface area contributed by atoms with Gasteiger partial charge in [-0.2, -0.15) is 15.5 Å². The molecule has 0 radical (unpaired) electrons. The molecular weight excluding hydrogens is 476 g/mol. The zero-order valence-electron chi connectivity index (χ0n) is 18.1. The van der Waals surface area contributed by atoms with Gasteiger partial charge in [-0.05, 0) is 24.1 Å².